The van der Waals surface area contributed by atoms with Crippen LogP contribution in [-0.4, -0.2) is 27.8 Å². The minimum atomic E-state index is 0.0519. The number of hydrogen-bond donors (Lipinski definition) is 0. The number of anilines is 1. The molecule has 1 aliphatic carbocycles. The molecule has 3 aromatic rings. The lowest BCUT2D eigenvalue weighted by Gasteiger charge is -2.18. The molecule has 7 heteroatoms. The van der Waals surface area contributed by atoms with Gasteiger partial charge < -0.3 is 4.90 Å². The Morgan fingerprint density at radius 3 is 2.97 bits per heavy atom. The summed E-state index contributed by atoms with van der Waals surface area (Å²) in [4.78, 5) is 35.1. The Morgan fingerprint density at radius 1 is 1.30 bits per heavy atom. The lowest BCUT2D eigenvalue weighted by molar-refractivity contribution is -0.116. The number of fused-ring (bicyclic) bond motifs is 4. The van der Waals surface area contributed by atoms with Crippen molar-refractivity contribution in [2.75, 3.05) is 17.2 Å². The summed E-state index contributed by atoms with van der Waals surface area (Å²) in [6.07, 6.45) is 4.04. The lowest BCUT2D eigenvalue weighted by atomic mass is 9.89. The largest absolute Gasteiger partial charge is 0.311 e. The molecule has 30 heavy (non-hydrogen) atoms. The number of thioether (sulfide) groups is 1. The summed E-state index contributed by atoms with van der Waals surface area (Å²) in [7, 11) is 0. The van der Waals surface area contributed by atoms with Crippen molar-refractivity contribution in [3.05, 3.63) is 50.6 Å². The maximum atomic E-state index is 13.3. The van der Waals surface area contributed by atoms with Crippen molar-refractivity contribution in [2.24, 2.45) is 5.92 Å². The highest BCUT2D eigenvalue weighted by Gasteiger charge is 2.26. The zero-order valence-electron chi connectivity index (χ0n) is 17.3. The van der Waals surface area contributed by atoms with Crippen LogP contribution in [-0.2, 0) is 30.6 Å². The molecule has 2 aliphatic rings. The third-order valence-corrected chi connectivity index (χ3v) is 8.32. The van der Waals surface area contributed by atoms with E-state index in [2.05, 4.69) is 13.0 Å². The fraction of sp³-hybridized carbons (Fsp3) is 0.435. The molecule has 5 nitrogen and oxygen atoms in total. The van der Waals surface area contributed by atoms with Gasteiger partial charge in [0.1, 0.15) is 4.83 Å². The Hall–Kier alpha value is -2.12. The van der Waals surface area contributed by atoms with Crippen molar-refractivity contribution >= 4 is 44.9 Å². The first-order chi connectivity index (χ1) is 14.6. The van der Waals surface area contributed by atoms with Crippen LogP contribution < -0.4 is 10.5 Å². The number of aromatic nitrogens is 2. The number of nitrogens with zero attached hydrogens (tertiary/aromatic N) is 3. The molecular weight excluding hydrogens is 414 g/mol. The quantitative estimate of drug-likeness (QED) is 0.450. The standard InChI is InChI=1S/C23H25N3O2S2/c1-3-25-22(28)20-16-9-8-14(2)12-18(16)30-21(20)24-23(25)29-13-19(27)26-11-10-15-6-4-5-7-17(15)26/h4-7,14H,3,8-13H2,1-2H3. The molecule has 2 aromatic heterocycles. The molecule has 1 atom stereocenters. The number of aryl methyl sites for hydroxylation is 1. The molecule has 0 radical (unpaired) electrons. The predicted molar refractivity (Wildman–Crippen MR) is 124 cm³/mol. The Morgan fingerprint density at radius 2 is 2.13 bits per heavy atom. The molecule has 0 N–H and O–H groups in total. The number of carbonyl (C=O) groups is 1. The van der Waals surface area contributed by atoms with Gasteiger partial charge in [-0.15, -0.1) is 11.3 Å². The second-order valence-electron chi connectivity index (χ2n) is 8.19. The summed E-state index contributed by atoms with van der Waals surface area (Å²) in [5.41, 5.74) is 3.50. The van der Waals surface area contributed by atoms with Crippen LogP contribution >= 0.6 is 23.1 Å². The van der Waals surface area contributed by atoms with Crippen LogP contribution in [0.2, 0.25) is 0 Å². The second kappa shape index (κ2) is 7.85. The van der Waals surface area contributed by atoms with Gasteiger partial charge in [0.25, 0.3) is 5.56 Å². The molecule has 1 aliphatic heterocycles. The highest BCUT2D eigenvalue weighted by molar-refractivity contribution is 7.99. The number of para-hydroxylation sites is 1. The highest BCUT2D eigenvalue weighted by atomic mass is 32.2. The van der Waals surface area contributed by atoms with Gasteiger partial charge in [-0.3, -0.25) is 14.2 Å². The lowest BCUT2D eigenvalue weighted by Crippen LogP contribution is -2.31. The van der Waals surface area contributed by atoms with Gasteiger partial charge in [-0.05, 0) is 55.7 Å². The van der Waals surface area contributed by atoms with Crippen molar-refractivity contribution in [3.8, 4) is 0 Å². The summed E-state index contributed by atoms with van der Waals surface area (Å²) < 4.78 is 1.74. The molecule has 1 amide bonds. The molecule has 156 valence electrons. The minimum Gasteiger partial charge on any atom is -0.311 e. The zero-order valence-corrected chi connectivity index (χ0v) is 18.9. The minimum absolute atomic E-state index is 0.0519. The molecule has 5 rings (SSSR count). The van der Waals surface area contributed by atoms with Gasteiger partial charge in [0.05, 0.1) is 11.1 Å². The maximum absolute atomic E-state index is 13.3. The van der Waals surface area contributed by atoms with Gasteiger partial charge in [-0.2, -0.15) is 0 Å². The van der Waals surface area contributed by atoms with Gasteiger partial charge in [0.15, 0.2) is 5.16 Å². The molecule has 0 saturated heterocycles. The smallest absolute Gasteiger partial charge is 0.263 e. The Balaban J connectivity index is 1.43. The van der Waals surface area contributed by atoms with Gasteiger partial charge in [0, 0.05) is 23.7 Å². The van der Waals surface area contributed by atoms with E-state index in [1.54, 1.807) is 15.9 Å². The van der Waals surface area contributed by atoms with Crippen LogP contribution in [0.4, 0.5) is 5.69 Å². The first-order valence-corrected chi connectivity index (χ1v) is 12.4. The Bertz CT molecular complexity index is 1200. The van der Waals surface area contributed by atoms with E-state index in [0.29, 0.717) is 17.6 Å². The average Bonchev–Trinajstić information content (AvgIpc) is 3.33. The molecule has 0 bridgehead atoms. The van der Waals surface area contributed by atoms with Crippen LogP contribution in [0.3, 0.4) is 0 Å². The molecular formula is C23H25N3O2S2. The van der Waals surface area contributed by atoms with Crippen molar-refractivity contribution in [1.29, 1.82) is 0 Å². The van der Waals surface area contributed by atoms with E-state index < -0.39 is 0 Å². The van der Waals surface area contributed by atoms with Crippen LogP contribution in [0.15, 0.2) is 34.2 Å². The fourth-order valence-corrected chi connectivity index (χ4v) is 6.96. The van der Waals surface area contributed by atoms with E-state index in [1.165, 1.54) is 27.8 Å². The Labute approximate surface area is 184 Å². The van der Waals surface area contributed by atoms with E-state index >= 15 is 0 Å². The van der Waals surface area contributed by atoms with E-state index in [-0.39, 0.29) is 17.2 Å². The van der Waals surface area contributed by atoms with Gasteiger partial charge in [-0.1, -0.05) is 36.9 Å². The number of carbonyl (C=O) groups excluding carboxylic acids is 1. The number of rotatable bonds is 4. The maximum Gasteiger partial charge on any atom is 0.263 e. The first-order valence-electron chi connectivity index (χ1n) is 10.6. The SMILES string of the molecule is CCn1c(SCC(=O)N2CCc3ccccc32)nc2sc3c(c2c1=O)CCC(C)C3. The van der Waals surface area contributed by atoms with Crippen LogP contribution in [0.1, 0.15) is 36.3 Å². The molecule has 1 aromatic carbocycles. The van der Waals surface area contributed by atoms with E-state index in [9.17, 15) is 9.59 Å². The van der Waals surface area contributed by atoms with Crippen LogP contribution in [0, 0.1) is 5.92 Å². The van der Waals surface area contributed by atoms with Crippen molar-refractivity contribution in [1.82, 2.24) is 9.55 Å². The van der Waals surface area contributed by atoms with Crippen molar-refractivity contribution < 1.29 is 4.79 Å². The monoisotopic (exact) mass is 439 g/mol. The molecule has 0 saturated carbocycles. The summed E-state index contributed by atoms with van der Waals surface area (Å²) in [6.45, 7) is 5.53. The third-order valence-electron chi connectivity index (χ3n) is 6.21. The van der Waals surface area contributed by atoms with Gasteiger partial charge in [0.2, 0.25) is 5.91 Å². The Kier molecular flexibility index (Phi) is 5.19. The number of thiophene rings is 1. The molecule has 3 heterocycles. The third kappa shape index (κ3) is 3.28. The summed E-state index contributed by atoms with van der Waals surface area (Å²) >= 11 is 3.05. The predicted octanol–water partition coefficient (Wildman–Crippen LogP) is 4.28. The van der Waals surface area contributed by atoms with Crippen molar-refractivity contribution in [2.45, 2.75) is 51.2 Å². The number of hydrogen-bond acceptors (Lipinski definition) is 5. The van der Waals surface area contributed by atoms with Crippen LogP contribution in [0.25, 0.3) is 10.2 Å². The van der Waals surface area contributed by atoms with Gasteiger partial charge >= 0.3 is 0 Å². The zero-order chi connectivity index (χ0) is 20.8. The second-order valence-corrected chi connectivity index (χ2v) is 10.2. The van der Waals surface area contributed by atoms with Crippen molar-refractivity contribution in [3.63, 3.8) is 0 Å². The fourth-order valence-electron chi connectivity index (χ4n) is 4.60. The van der Waals surface area contributed by atoms with E-state index in [1.807, 2.05) is 30.0 Å². The van der Waals surface area contributed by atoms with E-state index in [4.69, 9.17) is 4.98 Å². The molecule has 0 spiro atoms. The highest BCUT2D eigenvalue weighted by Crippen LogP contribution is 2.36. The average molecular weight is 440 g/mol. The molecule has 1 unspecified atom stereocenters. The molecule has 0 fully saturated rings. The van der Waals surface area contributed by atoms with Gasteiger partial charge in [-0.25, -0.2) is 4.98 Å². The number of benzene rings is 1. The first kappa shape index (κ1) is 19.8. The normalized spacial score (nSPS) is 17.9. The van der Waals surface area contributed by atoms with E-state index in [0.717, 1.165) is 48.1 Å². The topological polar surface area (TPSA) is 55.2 Å². The number of amides is 1. The van der Waals surface area contributed by atoms with Crippen LogP contribution in [0.5, 0.6) is 0 Å². The summed E-state index contributed by atoms with van der Waals surface area (Å²) in [5.74, 6) is 1.02. The summed E-state index contributed by atoms with van der Waals surface area (Å²) in [6, 6.07) is 8.08. The summed E-state index contributed by atoms with van der Waals surface area (Å²) in [5, 5.41) is 1.47.